The van der Waals surface area contributed by atoms with Crippen molar-refractivity contribution in [1.29, 1.82) is 0 Å². The molecule has 3 heteroatoms. The first-order valence-corrected chi connectivity index (χ1v) is 12.4. The van der Waals surface area contributed by atoms with Crippen LogP contribution < -0.4 is 10.6 Å². The zero-order chi connectivity index (χ0) is 15.3. The van der Waals surface area contributed by atoms with E-state index in [1.807, 2.05) is 10.6 Å². The first kappa shape index (κ1) is 16.4. The number of hydrogen-bond acceptors (Lipinski definition) is 1. The Kier molecular flexibility index (Phi) is 4.86. The molecule has 0 spiro atoms. The fourth-order valence-corrected chi connectivity index (χ4v) is 13.9. The molecule has 2 aliphatic rings. The molecule has 1 aromatic rings. The van der Waals surface area contributed by atoms with E-state index in [4.69, 9.17) is 0 Å². The molecule has 0 aromatic carbocycles. The lowest BCUT2D eigenvalue weighted by Crippen LogP contribution is -2.28. The van der Waals surface area contributed by atoms with Gasteiger partial charge in [0, 0.05) is 9.75 Å². The maximum atomic E-state index is 2.53. The van der Waals surface area contributed by atoms with Crippen LogP contribution in [0.15, 0.2) is 0 Å². The third-order valence-electron chi connectivity index (χ3n) is 5.62. The van der Waals surface area contributed by atoms with Crippen LogP contribution in [0.5, 0.6) is 0 Å². The van der Waals surface area contributed by atoms with E-state index < -0.39 is 0 Å². The van der Waals surface area contributed by atoms with Crippen molar-refractivity contribution in [3.63, 3.8) is 0 Å². The molecule has 4 unspecified atom stereocenters. The molecule has 118 valence electrons. The minimum Gasteiger partial charge on any atom is -0.145 e. The fraction of sp³-hybridized carbons (Fsp3) is 0.778. The normalized spacial score (nSPS) is 40.1. The second-order valence-electron chi connectivity index (χ2n) is 7.28. The Morgan fingerprint density at radius 1 is 0.667 bits per heavy atom. The standard InChI is InChI=1S/C18H30P2S/c1-11-7-8-12(2)19(11)17-15(5)21-16(6)18(17)20-13(3)9-10-14(20)4/h11-14H,7-10H2,1-6H3. The summed E-state index contributed by atoms with van der Waals surface area (Å²) in [4.78, 5) is 3.34. The Morgan fingerprint density at radius 3 is 1.24 bits per heavy atom. The Morgan fingerprint density at radius 2 is 0.952 bits per heavy atom. The zero-order valence-electron chi connectivity index (χ0n) is 14.4. The highest BCUT2D eigenvalue weighted by atomic mass is 32.1. The lowest BCUT2D eigenvalue weighted by atomic mass is 10.2. The molecule has 0 N–H and O–H groups in total. The average molecular weight is 340 g/mol. The maximum absolute atomic E-state index is 2.53. The Balaban J connectivity index is 2.09. The van der Waals surface area contributed by atoms with E-state index >= 15 is 0 Å². The van der Waals surface area contributed by atoms with Gasteiger partial charge in [-0.25, -0.2) is 0 Å². The quantitative estimate of drug-likeness (QED) is 0.604. The van der Waals surface area contributed by atoms with Crippen LogP contribution >= 0.6 is 27.2 Å². The summed E-state index contributed by atoms with van der Waals surface area (Å²) in [6.07, 6.45) is 5.85. The number of hydrogen-bond donors (Lipinski definition) is 0. The maximum Gasteiger partial charge on any atom is 0.0101 e. The van der Waals surface area contributed by atoms with E-state index in [9.17, 15) is 0 Å². The van der Waals surface area contributed by atoms with Gasteiger partial charge < -0.3 is 0 Å². The van der Waals surface area contributed by atoms with Crippen molar-refractivity contribution in [3.05, 3.63) is 9.75 Å². The van der Waals surface area contributed by atoms with Crippen LogP contribution in [-0.4, -0.2) is 22.6 Å². The second-order valence-corrected chi connectivity index (χ2v) is 14.8. The van der Waals surface area contributed by atoms with Crippen LogP contribution in [-0.2, 0) is 0 Å². The summed E-state index contributed by atoms with van der Waals surface area (Å²) in [5.41, 5.74) is 3.80. The monoisotopic (exact) mass is 340 g/mol. The minimum absolute atomic E-state index is 0.0890. The van der Waals surface area contributed by atoms with E-state index in [0.29, 0.717) is 0 Å². The van der Waals surface area contributed by atoms with Crippen molar-refractivity contribution >= 4 is 37.8 Å². The van der Waals surface area contributed by atoms with Gasteiger partial charge in [-0.15, -0.1) is 11.3 Å². The molecule has 4 atom stereocenters. The molecule has 21 heavy (non-hydrogen) atoms. The summed E-state index contributed by atoms with van der Waals surface area (Å²) in [6, 6.07) is 0. The minimum atomic E-state index is 0.0890. The van der Waals surface area contributed by atoms with Gasteiger partial charge in [0.25, 0.3) is 0 Å². The lowest BCUT2D eigenvalue weighted by Gasteiger charge is -2.29. The van der Waals surface area contributed by atoms with Crippen LogP contribution in [0.4, 0.5) is 0 Å². The summed E-state index contributed by atoms with van der Waals surface area (Å²) in [6.45, 7) is 14.9. The molecule has 0 amide bonds. The average Bonchev–Trinajstić information content (AvgIpc) is 3.00. The Bertz CT molecular complexity index is 457. The molecule has 0 aliphatic carbocycles. The smallest absolute Gasteiger partial charge is 0.0101 e. The molecule has 0 nitrogen and oxygen atoms in total. The fourth-order valence-electron chi connectivity index (χ4n) is 4.54. The van der Waals surface area contributed by atoms with E-state index in [1.54, 1.807) is 9.75 Å². The molecule has 0 saturated carbocycles. The zero-order valence-corrected chi connectivity index (χ0v) is 17.0. The topological polar surface area (TPSA) is 0 Å². The van der Waals surface area contributed by atoms with Gasteiger partial charge in [-0.1, -0.05) is 43.5 Å². The number of aryl methyl sites for hydroxylation is 2. The van der Waals surface area contributed by atoms with Crippen molar-refractivity contribution in [1.82, 2.24) is 0 Å². The summed E-state index contributed by atoms with van der Waals surface area (Å²) in [5, 5.41) is 3.77. The van der Waals surface area contributed by atoms with Gasteiger partial charge >= 0.3 is 0 Å². The van der Waals surface area contributed by atoms with Gasteiger partial charge in [0.15, 0.2) is 0 Å². The van der Waals surface area contributed by atoms with E-state index in [2.05, 4.69) is 52.9 Å². The Hall–Kier alpha value is 0.560. The van der Waals surface area contributed by atoms with Crippen molar-refractivity contribution in [2.24, 2.45) is 0 Å². The van der Waals surface area contributed by atoms with Gasteiger partial charge in [0.05, 0.1) is 0 Å². The van der Waals surface area contributed by atoms with Crippen LogP contribution in [0, 0.1) is 13.8 Å². The largest absolute Gasteiger partial charge is 0.145 e. The van der Waals surface area contributed by atoms with Crippen molar-refractivity contribution in [2.45, 2.75) is 89.9 Å². The summed E-state index contributed by atoms with van der Waals surface area (Å²) >= 11 is 2.11. The molecule has 3 rings (SSSR count). The third kappa shape index (κ3) is 2.77. The number of thiophene rings is 1. The molecular weight excluding hydrogens is 310 g/mol. The molecule has 2 aliphatic heterocycles. The highest BCUT2D eigenvalue weighted by Crippen LogP contribution is 2.60. The predicted molar refractivity (Wildman–Crippen MR) is 103 cm³/mol. The molecule has 1 aromatic heterocycles. The molecular formula is C18H30P2S. The molecule has 3 heterocycles. The molecule has 2 fully saturated rings. The molecule has 0 bridgehead atoms. The summed E-state index contributed by atoms with van der Waals surface area (Å²) < 4.78 is 0. The van der Waals surface area contributed by atoms with Gasteiger partial charge in [0.2, 0.25) is 0 Å². The number of rotatable bonds is 2. The summed E-state index contributed by atoms with van der Waals surface area (Å²) in [5.74, 6) is 0. The van der Waals surface area contributed by atoms with Crippen molar-refractivity contribution in [2.75, 3.05) is 0 Å². The Labute approximate surface area is 137 Å². The first-order valence-electron chi connectivity index (χ1n) is 8.58. The van der Waals surface area contributed by atoms with Gasteiger partial charge in [0.1, 0.15) is 0 Å². The highest BCUT2D eigenvalue weighted by Gasteiger charge is 2.40. The van der Waals surface area contributed by atoms with E-state index in [-0.39, 0.29) is 15.8 Å². The molecule has 2 saturated heterocycles. The molecule has 0 radical (unpaired) electrons. The first-order chi connectivity index (χ1) is 9.91. The van der Waals surface area contributed by atoms with Gasteiger partial charge in [-0.3, -0.25) is 0 Å². The van der Waals surface area contributed by atoms with Gasteiger partial charge in [-0.05, 0) is 72.8 Å². The summed E-state index contributed by atoms with van der Waals surface area (Å²) in [7, 11) is 0.178. The van der Waals surface area contributed by atoms with Crippen LogP contribution in [0.25, 0.3) is 0 Å². The third-order valence-corrected chi connectivity index (χ3v) is 14.1. The van der Waals surface area contributed by atoms with Gasteiger partial charge in [-0.2, -0.15) is 0 Å². The van der Waals surface area contributed by atoms with Crippen LogP contribution in [0.3, 0.4) is 0 Å². The van der Waals surface area contributed by atoms with E-state index in [0.717, 1.165) is 22.6 Å². The van der Waals surface area contributed by atoms with Crippen LogP contribution in [0.1, 0.15) is 63.1 Å². The second kappa shape index (κ2) is 6.22. The highest BCUT2D eigenvalue weighted by molar-refractivity contribution is 7.74. The predicted octanol–water partition coefficient (Wildman–Crippen LogP) is 5.72. The van der Waals surface area contributed by atoms with Crippen molar-refractivity contribution < 1.29 is 0 Å². The van der Waals surface area contributed by atoms with Crippen LogP contribution in [0.2, 0.25) is 0 Å². The lowest BCUT2D eigenvalue weighted by molar-refractivity contribution is 0.777. The van der Waals surface area contributed by atoms with E-state index in [1.165, 1.54) is 25.7 Å². The van der Waals surface area contributed by atoms with Crippen molar-refractivity contribution in [3.8, 4) is 0 Å². The SMILES string of the molecule is Cc1sc(C)c(P2C(C)CCC2C)c1P1C(C)CCC1C.